The maximum absolute atomic E-state index is 10.9. The largest absolute Gasteiger partial charge is 0.462 e. The Balaban J connectivity index is 2.43. The van der Waals surface area contributed by atoms with E-state index in [0.29, 0.717) is 11.6 Å². The minimum absolute atomic E-state index is 0.339. The first-order chi connectivity index (χ1) is 7.22. The van der Waals surface area contributed by atoms with E-state index in [9.17, 15) is 4.79 Å². The maximum Gasteiger partial charge on any atom is 0.351 e. The number of nitrogens with one attached hydrogen (secondary N) is 1. The number of ether oxygens (including phenoxy) is 1. The summed E-state index contributed by atoms with van der Waals surface area (Å²) >= 11 is 5.70. The van der Waals surface area contributed by atoms with Gasteiger partial charge in [-0.05, 0) is 31.2 Å². The average molecular weight is 227 g/mol. The number of rotatable bonds is 4. The highest BCUT2D eigenvalue weighted by molar-refractivity contribution is 6.30. The van der Waals surface area contributed by atoms with Gasteiger partial charge < -0.3 is 4.74 Å². The highest BCUT2D eigenvalue weighted by atomic mass is 35.5. The summed E-state index contributed by atoms with van der Waals surface area (Å²) in [6.45, 7) is 2.07. The Morgan fingerprint density at radius 3 is 2.80 bits per heavy atom. The molecule has 4 nitrogen and oxygen atoms in total. The van der Waals surface area contributed by atoms with Gasteiger partial charge in [0.1, 0.15) is 6.21 Å². The lowest BCUT2D eigenvalue weighted by atomic mass is 10.3. The number of halogens is 1. The van der Waals surface area contributed by atoms with Gasteiger partial charge in [-0.2, -0.15) is 5.10 Å². The summed E-state index contributed by atoms with van der Waals surface area (Å²) in [5.41, 5.74) is 3.42. The van der Waals surface area contributed by atoms with Crippen LogP contribution < -0.4 is 5.43 Å². The molecular weight excluding hydrogens is 216 g/mol. The summed E-state index contributed by atoms with van der Waals surface area (Å²) in [5, 5.41) is 4.35. The average Bonchev–Trinajstić information content (AvgIpc) is 2.21. The van der Waals surface area contributed by atoms with E-state index in [4.69, 9.17) is 11.6 Å². The highest BCUT2D eigenvalue weighted by Crippen LogP contribution is 2.12. The monoisotopic (exact) mass is 226 g/mol. The van der Waals surface area contributed by atoms with E-state index in [1.807, 2.05) is 0 Å². The SMILES string of the molecule is CCOC(=O)C=NNc1ccc(Cl)cc1. The van der Waals surface area contributed by atoms with Crippen LogP contribution in [0, 0.1) is 0 Å². The van der Waals surface area contributed by atoms with Gasteiger partial charge in [0, 0.05) is 5.02 Å². The molecular formula is C10H11ClN2O2. The van der Waals surface area contributed by atoms with E-state index < -0.39 is 5.97 Å². The molecule has 80 valence electrons. The molecule has 0 aliphatic rings. The fourth-order valence-corrected chi connectivity index (χ4v) is 0.989. The Bertz CT molecular complexity index is 349. The molecule has 0 saturated heterocycles. The van der Waals surface area contributed by atoms with Gasteiger partial charge in [-0.25, -0.2) is 4.79 Å². The van der Waals surface area contributed by atoms with E-state index in [2.05, 4.69) is 15.3 Å². The number of hydrazone groups is 1. The second-order valence-electron chi connectivity index (χ2n) is 2.63. The summed E-state index contributed by atoms with van der Waals surface area (Å²) in [6, 6.07) is 6.96. The van der Waals surface area contributed by atoms with Crippen LogP contribution in [-0.4, -0.2) is 18.8 Å². The summed E-state index contributed by atoms with van der Waals surface area (Å²) in [6.07, 6.45) is 1.08. The molecule has 0 amide bonds. The van der Waals surface area contributed by atoms with Gasteiger partial charge in [0.15, 0.2) is 0 Å². The normalized spacial score (nSPS) is 10.3. The van der Waals surface area contributed by atoms with Crippen LogP contribution in [-0.2, 0) is 9.53 Å². The predicted octanol–water partition coefficient (Wildman–Crippen LogP) is 2.30. The van der Waals surface area contributed by atoms with Crippen molar-refractivity contribution in [1.29, 1.82) is 0 Å². The lowest BCUT2D eigenvalue weighted by Crippen LogP contribution is -2.06. The highest BCUT2D eigenvalue weighted by Gasteiger charge is 1.94. The molecule has 0 fully saturated rings. The molecule has 0 saturated carbocycles. The number of nitrogens with zero attached hydrogens (tertiary/aromatic N) is 1. The number of hydrogen-bond donors (Lipinski definition) is 1. The van der Waals surface area contributed by atoms with Crippen molar-refractivity contribution in [3.8, 4) is 0 Å². The standard InChI is InChI=1S/C10H11ClN2O2/c1-2-15-10(14)7-12-13-9-5-3-8(11)4-6-9/h3-7,13H,2H2,1H3. The van der Waals surface area contributed by atoms with Crippen molar-refractivity contribution in [2.45, 2.75) is 6.92 Å². The minimum Gasteiger partial charge on any atom is -0.462 e. The van der Waals surface area contributed by atoms with Gasteiger partial charge in [-0.3, -0.25) is 5.43 Å². The van der Waals surface area contributed by atoms with Crippen molar-refractivity contribution < 1.29 is 9.53 Å². The van der Waals surface area contributed by atoms with Crippen LogP contribution in [0.3, 0.4) is 0 Å². The first-order valence-electron chi connectivity index (χ1n) is 4.43. The summed E-state index contributed by atoms with van der Waals surface area (Å²) in [5.74, 6) is -0.473. The Morgan fingerprint density at radius 1 is 1.53 bits per heavy atom. The van der Waals surface area contributed by atoms with Crippen molar-refractivity contribution in [2.24, 2.45) is 5.10 Å². The predicted molar refractivity (Wildman–Crippen MR) is 60.2 cm³/mol. The number of esters is 1. The second-order valence-corrected chi connectivity index (χ2v) is 3.07. The quantitative estimate of drug-likeness (QED) is 0.487. The van der Waals surface area contributed by atoms with E-state index in [1.165, 1.54) is 0 Å². The molecule has 0 aromatic heterocycles. The third kappa shape index (κ3) is 4.46. The molecule has 1 N–H and O–H groups in total. The van der Waals surface area contributed by atoms with Crippen LogP contribution >= 0.6 is 11.6 Å². The minimum atomic E-state index is -0.473. The molecule has 0 spiro atoms. The van der Waals surface area contributed by atoms with Gasteiger partial charge in [0.2, 0.25) is 0 Å². The molecule has 0 radical (unpaired) electrons. The van der Waals surface area contributed by atoms with E-state index >= 15 is 0 Å². The molecule has 5 heteroatoms. The molecule has 1 aromatic rings. The third-order valence-corrected chi connectivity index (χ3v) is 1.75. The Hall–Kier alpha value is -1.55. The molecule has 0 aliphatic carbocycles. The van der Waals surface area contributed by atoms with Crippen molar-refractivity contribution in [3.63, 3.8) is 0 Å². The molecule has 0 aliphatic heterocycles. The summed E-state index contributed by atoms with van der Waals surface area (Å²) in [4.78, 5) is 10.9. The second kappa shape index (κ2) is 6.03. The number of hydrogen-bond acceptors (Lipinski definition) is 4. The van der Waals surface area contributed by atoms with Gasteiger partial charge in [0.25, 0.3) is 0 Å². The number of carbonyl (C=O) groups is 1. The smallest absolute Gasteiger partial charge is 0.351 e. The van der Waals surface area contributed by atoms with Crippen LogP contribution in [0.25, 0.3) is 0 Å². The van der Waals surface area contributed by atoms with Gasteiger partial charge in [0.05, 0.1) is 12.3 Å². The molecule has 0 heterocycles. The molecule has 15 heavy (non-hydrogen) atoms. The first kappa shape index (κ1) is 11.5. The lowest BCUT2D eigenvalue weighted by molar-refractivity contribution is -0.134. The van der Waals surface area contributed by atoms with Gasteiger partial charge >= 0.3 is 5.97 Å². The topological polar surface area (TPSA) is 50.7 Å². The Morgan fingerprint density at radius 2 is 2.20 bits per heavy atom. The fraction of sp³-hybridized carbons (Fsp3) is 0.200. The van der Waals surface area contributed by atoms with Crippen LogP contribution in [0.1, 0.15) is 6.92 Å². The molecule has 0 atom stereocenters. The fourth-order valence-electron chi connectivity index (χ4n) is 0.863. The molecule has 0 unspecified atom stereocenters. The van der Waals surface area contributed by atoms with Crippen LogP contribution in [0.5, 0.6) is 0 Å². The molecule has 1 aromatic carbocycles. The van der Waals surface area contributed by atoms with Crippen molar-refractivity contribution in [2.75, 3.05) is 12.0 Å². The van der Waals surface area contributed by atoms with E-state index in [-0.39, 0.29) is 0 Å². The van der Waals surface area contributed by atoms with Gasteiger partial charge in [-0.15, -0.1) is 0 Å². The molecule has 1 rings (SSSR count). The van der Waals surface area contributed by atoms with E-state index in [1.54, 1.807) is 31.2 Å². The summed E-state index contributed by atoms with van der Waals surface area (Å²) < 4.78 is 4.65. The zero-order valence-electron chi connectivity index (χ0n) is 8.24. The van der Waals surface area contributed by atoms with Crippen LogP contribution in [0.4, 0.5) is 5.69 Å². The Labute approximate surface area is 92.9 Å². The van der Waals surface area contributed by atoms with Crippen LogP contribution in [0.15, 0.2) is 29.4 Å². The summed E-state index contributed by atoms with van der Waals surface area (Å²) in [7, 11) is 0. The number of anilines is 1. The number of benzene rings is 1. The van der Waals surface area contributed by atoms with Gasteiger partial charge in [-0.1, -0.05) is 11.6 Å². The van der Waals surface area contributed by atoms with E-state index in [0.717, 1.165) is 11.9 Å². The third-order valence-electron chi connectivity index (χ3n) is 1.49. The lowest BCUT2D eigenvalue weighted by Gasteiger charge is -1.99. The zero-order chi connectivity index (χ0) is 11.1. The zero-order valence-corrected chi connectivity index (χ0v) is 8.99. The Kier molecular flexibility index (Phi) is 4.63. The van der Waals surface area contributed by atoms with Crippen LogP contribution in [0.2, 0.25) is 5.02 Å². The maximum atomic E-state index is 10.9. The van der Waals surface area contributed by atoms with Crippen molar-refractivity contribution in [1.82, 2.24) is 0 Å². The van der Waals surface area contributed by atoms with Crippen molar-refractivity contribution >= 4 is 29.5 Å². The molecule has 0 bridgehead atoms. The van der Waals surface area contributed by atoms with Crippen molar-refractivity contribution in [3.05, 3.63) is 29.3 Å². The first-order valence-corrected chi connectivity index (χ1v) is 4.81. The number of carbonyl (C=O) groups excluding carboxylic acids is 1.